The number of carbonyl (C=O) groups excluding carboxylic acids is 1. The highest BCUT2D eigenvalue weighted by atomic mass is 16.5. The lowest BCUT2D eigenvalue weighted by molar-refractivity contribution is 0.110. The Balaban J connectivity index is 1.38. The van der Waals surface area contributed by atoms with Crippen molar-refractivity contribution in [1.82, 2.24) is 10.2 Å². The van der Waals surface area contributed by atoms with Crippen LogP contribution >= 0.6 is 0 Å². The van der Waals surface area contributed by atoms with Crippen molar-refractivity contribution in [2.45, 2.75) is 32.2 Å². The lowest BCUT2D eigenvalue weighted by Crippen LogP contribution is -2.44. The third-order valence-corrected chi connectivity index (χ3v) is 5.02. The SMILES string of the molecule is Cc1ccccc1NC(=O)NCC1CCN([C@@H]2CCOC2)CC1. The van der Waals surface area contributed by atoms with Crippen LogP contribution in [0.15, 0.2) is 24.3 Å². The van der Waals surface area contributed by atoms with Gasteiger partial charge in [0.1, 0.15) is 0 Å². The van der Waals surface area contributed by atoms with E-state index >= 15 is 0 Å². The fourth-order valence-corrected chi connectivity index (χ4v) is 3.45. The van der Waals surface area contributed by atoms with E-state index in [-0.39, 0.29) is 6.03 Å². The summed E-state index contributed by atoms with van der Waals surface area (Å²) in [6.45, 7) is 6.80. The monoisotopic (exact) mass is 317 g/mol. The van der Waals surface area contributed by atoms with E-state index in [4.69, 9.17) is 4.74 Å². The number of urea groups is 1. The van der Waals surface area contributed by atoms with Gasteiger partial charge in [-0.25, -0.2) is 4.79 Å². The number of hydrogen-bond donors (Lipinski definition) is 2. The van der Waals surface area contributed by atoms with Crippen LogP contribution in [0.1, 0.15) is 24.8 Å². The Kier molecular flexibility index (Phi) is 5.51. The molecule has 3 rings (SSSR count). The predicted molar refractivity (Wildman–Crippen MR) is 91.7 cm³/mol. The second kappa shape index (κ2) is 7.79. The molecule has 1 aromatic rings. The van der Waals surface area contributed by atoms with Crippen molar-refractivity contribution in [3.05, 3.63) is 29.8 Å². The molecule has 2 heterocycles. The van der Waals surface area contributed by atoms with Gasteiger partial charge >= 0.3 is 6.03 Å². The molecule has 2 amide bonds. The molecule has 0 saturated carbocycles. The molecular formula is C18H27N3O2. The number of hydrogen-bond acceptors (Lipinski definition) is 3. The fraction of sp³-hybridized carbons (Fsp3) is 0.611. The number of para-hydroxylation sites is 1. The van der Waals surface area contributed by atoms with Crippen LogP contribution in [0.5, 0.6) is 0 Å². The number of aryl methyl sites for hydroxylation is 1. The van der Waals surface area contributed by atoms with E-state index in [2.05, 4.69) is 15.5 Å². The van der Waals surface area contributed by atoms with E-state index in [1.807, 2.05) is 31.2 Å². The van der Waals surface area contributed by atoms with Crippen molar-refractivity contribution in [2.24, 2.45) is 5.92 Å². The molecule has 0 bridgehead atoms. The van der Waals surface area contributed by atoms with Crippen molar-refractivity contribution in [1.29, 1.82) is 0 Å². The average Bonchev–Trinajstić information content (AvgIpc) is 3.10. The summed E-state index contributed by atoms with van der Waals surface area (Å²) in [7, 11) is 0. The number of likely N-dealkylation sites (tertiary alicyclic amines) is 1. The molecule has 2 aliphatic rings. The van der Waals surface area contributed by atoms with Gasteiger partial charge < -0.3 is 15.4 Å². The number of rotatable bonds is 4. The number of ether oxygens (including phenoxy) is 1. The quantitative estimate of drug-likeness (QED) is 0.897. The molecule has 1 atom stereocenters. The minimum atomic E-state index is -0.106. The number of anilines is 1. The van der Waals surface area contributed by atoms with Crippen molar-refractivity contribution in [3.8, 4) is 0 Å². The lowest BCUT2D eigenvalue weighted by Gasteiger charge is -2.35. The van der Waals surface area contributed by atoms with Gasteiger partial charge in [-0.2, -0.15) is 0 Å². The molecule has 2 N–H and O–H groups in total. The third-order valence-electron chi connectivity index (χ3n) is 5.02. The molecule has 2 fully saturated rings. The van der Waals surface area contributed by atoms with Crippen molar-refractivity contribution >= 4 is 11.7 Å². The Morgan fingerprint density at radius 3 is 2.74 bits per heavy atom. The summed E-state index contributed by atoms with van der Waals surface area (Å²) < 4.78 is 5.48. The number of benzene rings is 1. The van der Waals surface area contributed by atoms with Crippen LogP contribution < -0.4 is 10.6 Å². The van der Waals surface area contributed by atoms with E-state index in [0.717, 1.165) is 56.9 Å². The zero-order valence-corrected chi connectivity index (χ0v) is 13.9. The molecule has 2 saturated heterocycles. The molecule has 5 heteroatoms. The summed E-state index contributed by atoms with van der Waals surface area (Å²) in [5.41, 5.74) is 1.95. The van der Waals surface area contributed by atoms with Gasteiger partial charge in [-0.1, -0.05) is 18.2 Å². The van der Waals surface area contributed by atoms with Gasteiger partial charge in [0.05, 0.1) is 6.61 Å². The summed E-state index contributed by atoms with van der Waals surface area (Å²) in [6, 6.07) is 8.35. The second-order valence-corrected chi connectivity index (χ2v) is 6.65. The number of nitrogens with one attached hydrogen (secondary N) is 2. The van der Waals surface area contributed by atoms with Gasteiger partial charge in [-0.3, -0.25) is 4.90 Å². The number of nitrogens with zero attached hydrogens (tertiary/aromatic N) is 1. The molecule has 0 unspecified atom stereocenters. The maximum atomic E-state index is 12.0. The molecule has 126 valence electrons. The predicted octanol–water partition coefficient (Wildman–Crippen LogP) is 2.62. The molecule has 0 spiro atoms. The fourth-order valence-electron chi connectivity index (χ4n) is 3.45. The molecule has 0 aliphatic carbocycles. The zero-order valence-electron chi connectivity index (χ0n) is 13.9. The van der Waals surface area contributed by atoms with Crippen molar-refractivity contribution in [3.63, 3.8) is 0 Å². The molecule has 5 nitrogen and oxygen atoms in total. The summed E-state index contributed by atoms with van der Waals surface area (Å²) in [5, 5.41) is 5.95. The van der Waals surface area contributed by atoms with E-state index in [1.54, 1.807) is 0 Å². The van der Waals surface area contributed by atoms with Gasteiger partial charge in [0.25, 0.3) is 0 Å². The van der Waals surface area contributed by atoms with Crippen molar-refractivity contribution < 1.29 is 9.53 Å². The smallest absolute Gasteiger partial charge is 0.319 e. The summed E-state index contributed by atoms with van der Waals surface area (Å²) in [5.74, 6) is 0.580. The van der Waals surface area contributed by atoms with Gasteiger partial charge in [-0.05, 0) is 56.8 Å². The second-order valence-electron chi connectivity index (χ2n) is 6.65. The first kappa shape index (κ1) is 16.3. The van der Waals surface area contributed by atoms with Crippen LogP contribution in [-0.4, -0.2) is 49.8 Å². The Labute approximate surface area is 138 Å². The van der Waals surface area contributed by atoms with E-state index in [0.29, 0.717) is 12.0 Å². The van der Waals surface area contributed by atoms with Crippen LogP contribution in [0.25, 0.3) is 0 Å². The summed E-state index contributed by atoms with van der Waals surface area (Å²) >= 11 is 0. The van der Waals surface area contributed by atoms with Crippen LogP contribution in [0.2, 0.25) is 0 Å². The lowest BCUT2D eigenvalue weighted by atomic mass is 9.95. The van der Waals surface area contributed by atoms with Crippen molar-refractivity contribution in [2.75, 3.05) is 38.2 Å². The number of amides is 2. The minimum Gasteiger partial charge on any atom is -0.380 e. The highest BCUT2D eigenvalue weighted by molar-refractivity contribution is 5.89. The molecule has 0 aromatic heterocycles. The molecule has 1 aromatic carbocycles. The van der Waals surface area contributed by atoms with Crippen LogP contribution in [0.4, 0.5) is 10.5 Å². The first-order chi connectivity index (χ1) is 11.2. The first-order valence-electron chi connectivity index (χ1n) is 8.64. The van der Waals surface area contributed by atoms with Crippen LogP contribution in [-0.2, 0) is 4.74 Å². The average molecular weight is 317 g/mol. The molecule has 23 heavy (non-hydrogen) atoms. The molecular weight excluding hydrogens is 290 g/mol. The van der Waals surface area contributed by atoms with Gasteiger partial charge in [0.15, 0.2) is 0 Å². The Hall–Kier alpha value is -1.59. The largest absolute Gasteiger partial charge is 0.380 e. The number of piperidine rings is 1. The standard InChI is InChI=1S/C18H27N3O2/c1-14-4-2-3-5-17(14)20-18(22)19-12-15-6-9-21(10-7-15)16-8-11-23-13-16/h2-5,15-16H,6-13H2,1H3,(H2,19,20,22)/t16-/m1/s1. The maximum absolute atomic E-state index is 12.0. The summed E-state index contributed by atoms with van der Waals surface area (Å²) in [6.07, 6.45) is 3.48. The Morgan fingerprint density at radius 1 is 1.26 bits per heavy atom. The Bertz CT molecular complexity index is 521. The van der Waals surface area contributed by atoms with E-state index in [9.17, 15) is 4.79 Å². The van der Waals surface area contributed by atoms with E-state index in [1.165, 1.54) is 6.42 Å². The normalized spacial score (nSPS) is 22.9. The molecule has 2 aliphatic heterocycles. The minimum absolute atomic E-state index is 0.106. The summed E-state index contributed by atoms with van der Waals surface area (Å²) in [4.78, 5) is 14.6. The van der Waals surface area contributed by atoms with Crippen LogP contribution in [0, 0.1) is 12.8 Å². The molecule has 0 radical (unpaired) electrons. The highest BCUT2D eigenvalue weighted by Crippen LogP contribution is 2.22. The van der Waals surface area contributed by atoms with Gasteiger partial charge in [0, 0.05) is 24.9 Å². The van der Waals surface area contributed by atoms with Crippen LogP contribution in [0.3, 0.4) is 0 Å². The number of carbonyl (C=O) groups is 1. The maximum Gasteiger partial charge on any atom is 0.319 e. The van der Waals surface area contributed by atoms with Gasteiger partial charge in [0.2, 0.25) is 0 Å². The highest BCUT2D eigenvalue weighted by Gasteiger charge is 2.27. The topological polar surface area (TPSA) is 53.6 Å². The van der Waals surface area contributed by atoms with Gasteiger partial charge in [-0.15, -0.1) is 0 Å². The zero-order chi connectivity index (χ0) is 16.1. The third kappa shape index (κ3) is 4.45. The van der Waals surface area contributed by atoms with E-state index < -0.39 is 0 Å². The Morgan fingerprint density at radius 2 is 2.04 bits per heavy atom. The first-order valence-corrected chi connectivity index (χ1v) is 8.64.